The van der Waals surface area contributed by atoms with E-state index in [1.54, 1.807) is 48.5 Å². The largest absolute Gasteiger partial charge is 0.494 e. The molecule has 6 nitrogen and oxygen atoms in total. The zero-order valence-electron chi connectivity index (χ0n) is 18.5. The van der Waals surface area contributed by atoms with Crippen molar-refractivity contribution in [2.45, 2.75) is 26.4 Å². The van der Waals surface area contributed by atoms with Crippen molar-refractivity contribution in [1.82, 2.24) is 5.32 Å². The summed E-state index contributed by atoms with van der Waals surface area (Å²) in [6.07, 6.45) is 1.18. The molecule has 168 valence electrons. The van der Waals surface area contributed by atoms with Crippen molar-refractivity contribution >= 4 is 21.6 Å². The topological polar surface area (TPSA) is 75.7 Å². The zero-order valence-corrected chi connectivity index (χ0v) is 19.3. The highest BCUT2D eigenvalue weighted by Gasteiger charge is 2.18. The van der Waals surface area contributed by atoms with Crippen LogP contribution in [0, 0.1) is 0 Å². The molecule has 3 rings (SSSR count). The van der Waals surface area contributed by atoms with Crippen LogP contribution in [0.3, 0.4) is 0 Å². The van der Waals surface area contributed by atoms with Crippen LogP contribution in [0.4, 0.5) is 5.69 Å². The number of ether oxygens (including phenoxy) is 1. The fourth-order valence-corrected chi connectivity index (χ4v) is 4.19. The predicted molar refractivity (Wildman–Crippen MR) is 127 cm³/mol. The minimum Gasteiger partial charge on any atom is -0.494 e. The maximum Gasteiger partial charge on any atom is 0.251 e. The van der Waals surface area contributed by atoms with E-state index in [2.05, 4.69) is 5.32 Å². The summed E-state index contributed by atoms with van der Waals surface area (Å²) in [6, 6.07) is 23.4. The molecule has 0 bridgehead atoms. The summed E-state index contributed by atoms with van der Waals surface area (Å²) in [4.78, 5) is 12.7. The third-order valence-corrected chi connectivity index (χ3v) is 6.17. The molecule has 1 atom stereocenters. The quantitative estimate of drug-likeness (QED) is 0.517. The summed E-state index contributed by atoms with van der Waals surface area (Å²) in [7, 11) is -3.45. The van der Waals surface area contributed by atoms with Crippen LogP contribution in [0.15, 0.2) is 78.9 Å². The Bertz CT molecular complexity index is 1130. The lowest BCUT2D eigenvalue weighted by Gasteiger charge is -2.22. The Kier molecular flexibility index (Phi) is 7.53. The van der Waals surface area contributed by atoms with Crippen LogP contribution in [0.25, 0.3) is 0 Å². The average molecular weight is 453 g/mol. The van der Waals surface area contributed by atoms with E-state index in [0.717, 1.165) is 16.9 Å². The van der Waals surface area contributed by atoms with Crippen molar-refractivity contribution in [2.24, 2.45) is 0 Å². The van der Waals surface area contributed by atoms with Gasteiger partial charge in [0.05, 0.1) is 31.1 Å². The van der Waals surface area contributed by atoms with Gasteiger partial charge in [-0.15, -0.1) is 0 Å². The number of anilines is 1. The van der Waals surface area contributed by atoms with Gasteiger partial charge < -0.3 is 10.1 Å². The molecule has 1 amide bonds. The van der Waals surface area contributed by atoms with E-state index in [9.17, 15) is 13.2 Å². The highest BCUT2D eigenvalue weighted by Crippen LogP contribution is 2.21. The molecule has 7 heteroatoms. The van der Waals surface area contributed by atoms with Crippen LogP contribution >= 0.6 is 0 Å². The number of carbonyl (C=O) groups is 1. The Balaban J connectivity index is 1.67. The molecule has 3 aromatic rings. The van der Waals surface area contributed by atoms with Gasteiger partial charge in [0.2, 0.25) is 10.0 Å². The Hall–Kier alpha value is -3.32. The van der Waals surface area contributed by atoms with Gasteiger partial charge in [-0.1, -0.05) is 42.5 Å². The van der Waals surface area contributed by atoms with Crippen molar-refractivity contribution in [2.75, 3.05) is 17.2 Å². The molecule has 0 radical (unpaired) electrons. The van der Waals surface area contributed by atoms with Crippen molar-refractivity contribution in [3.05, 3.63) is 95.6 Å². The first-order valence-corrected chi connectivity index (χ1v) is 12.3. The van der Waals surface area contributed by atoms with Gasteiger partial charge in [0.15, 0.2) is 0 Å². The number of hydrogen-bond acceptors (Lipinski definition) is 4. The summed E-state index contributed by atoms with van der Waals surface area (Å²) in [5.41, 5.74) is 2.87. The van der Waals surface area contributed by atoms with Crippen molar-refractivity contribution in [1.29, 1.82) is 0 Å². The molecule has 3 aromatic carbocycles. The molecule has 32 heavy (non-hydrogen) atoms. The molecule has 0 aromatic heterocycles. The van der Waals surface area contributed by atoms with Gasteiger partial charge in [-0.2, -0.15) is 0 Å². The van der Waals surface area contributed by atoms with Crippen LogP contribution < -0.4 is 14.4 Å². The summed E-state index contributed by atoms with van der Waals surface area (Å²) < 4.78 is 31.4. The fourth-order valence-electron chi connectivity index (χ4n) is 3.30. The van der Waals surface area contributed by atoms with Crippen molar-refractivity contribution in [3.8, 4) is 5.75 Å². The Morgan fingerprint density at radius 2 is 1.59 bits per heavy atom. The Morgan fingerprint density at radius 3 is 2.16 bits per heavy atom. The molecule has 0 aliphatic heterocycles. The third kappa shape index (κ3) is 6.11. The summed E-state index contributed by atoms with van der Waals surface area (Å²) >= 11 is 0. The van der Waals surface area contributed by atoms with Crippen LogP contribution in [0.1, 0.15) is 41.4 Å². The Morgan fingerprint density at radius 1 is 0.969 bits per heavy atom. The normalized spacial score (nSPS) is 12.1. The van der Waals surface area contributed by atoms with E-state index in [1.807, 2.05) is 44.2 Å². The number of rotatable bonds is 9. The second kappa shape index (κ2) is 10.3. The summed E-state index contributed by atoms with van der Waals surface area (Å²) in [6.45, 7) is 4.65. The van der Waals surface area contributed by atoms with E-state index in [1.165, 1.54) is 10.6 Å². The zero-order chi connectivity index (χ0) is 23.1. The molecule has 1 N–H and O–H groups in total. The van der Waals surface area contributed by atoms with Gasteiger partial charge >= 0.3 is 0 Å². The molecule has 0 saturated heterocycles. The van der Waals surface area contributed by atoms with E-state index in [0.29, 0.717) is 17.9 Å². The number of benzene rings is 3. The van der Waals surface area contributed by atoms with Crippen LogP contribution in [-0.2, 0) is 16.6 Å². The Labute approximate surface area is 189 Å². The van der Waals surface area contributed by atoms with E-state index in [4.69, 9.17) is 4.74 Å². The maximum atomic E-state index is 12.7. The first-order chi connectivity index (χ1) is 15.3. The lowest BCUT2D eigenvalue weighted by molar-refractivity contribution is 0.0940. The lowest BCUT2D eigenvalue weighted by atomic mass is 10.1. The van der Waals surface area contributed by atoms with Crippen molar-refractivity contribution < 1.29 is 17.9 Å². The number of amides is 1. The standard InChI is InChI=1S/C25H28N2O4S/c1-4-31-24-16-14-21(15-17-24)19(2)26-25(28)22-12-10-20(11-13-22)18-27(32(3,29)30)23-8-6-5-7-9-23/h5-17,19H,4,18H2,1-3H3,(H,26,28)/t19-/m1/s1. The molecule has 0 fully saturated rings. The van der Waals surface area contributed by atoms with E-state index < -0.39 is 10.0 Å². The molecule has 0 spiro atoms. The first kappa shape index (κ1) is 23.3. The first-order valence-electron chi connectivity index (χ1n) is 10.4. The molecular weight excluding hydrogens is 424 g/mol. The number of sulfonamides is 1. The number of nitrogens with one attached hydrogen (secondary N) is 1. The van der Waals surface area contributed by atoms with Crippen LogP contribution in [0.2, 0.25) is 0 Å². The predicted octanol–water partition coefficient (Wildman–Crippen LogP) is 4.54. The minimum atomic E-state index is -3.45. The second-order valence-corrected chi connectivity index (χ2v) is 9.41. The third-order valence-electron chi connectivity index (χ3n) is 5.03. The van der Waals surface area contributed by atoms with Gasteiger partial charge in [0.1, 0.15) is 5.75 Å². The monoisotopic (exact) mass is 452 g/mol. The van der Waals surface area contributed by atoms with E-state index in [-0.39, 0.29) is 18.5 Å². The number of nitrogens with zero attached hydrogens (tertiary/aromatic N) is 1. The molecule has 0 aliphatic carbocycles. The highest BCUT2D eigenvalue weighted by atomic mass is 32.2. The molecular formula is C25H28N2O4S. The van der Waals surface area contributed by atoms with Gasteiger partial charge in [0, 0.05) is 5.56 Å². The molecule has 0 heterocycles. The molecule has 0 unspecified atom stereocenters. The maximum absolute atomic E-state index is 12.7. The highest BCUT2D eigenvalue weighted by molar-refractivity contribution is 7.92. The van der Waals surface area contributed by atoms with Gasteiger partial charge in [0.25, 0.3) is 5.91 Å². The SMILES string of the molecule is CCOc1ccc([C@@H](C)NC(=O)c2ccc(CN(c3ccccc3)S(C)(=O)=O)cc2)cc1. The summed E-state index contributed by atoms with van der Waals surface area (Å²) in [5.74, 6) is 0.602. The van der Waals surface area contributed by atoms with E-state index >= 15 is 0 Å². The fraction of sp³-hybridized carbons (Fsp3) is 0.240. The number of para-hydroxylation sites is 1. The van der Waals surface area contributed by atoms with Gasteiger partial charge in [-0.3, -0.25) is 9.10 Å². The molecule has 0 saturated carbocycles. The van der Waals surface area contributed by atoms with Gasteiger partial charge in [-0.05, 0) is 61.4 Å². The second-order valence-electron chi connectivity index (χ2n) is 7.50. The van der Waals surface area contributed by atoms with Gasteiger partial charge in [-0.25, -0.2) is 8.42 Å². The minimum absolute atomic E-state index is 0.170. The lowest BCUT2D eigenvalue weighted by Crippen LogP contribution is -2.29. The smallest absolute Gasteiger partial charge is 0.251 e. The van der Waals surface area contributed by atoms with Crippen LogP contribution in [-0.4, -0.2) is 27.2 Å². The number of hydrogen-bond donors (Lipinski definition) is 1. The molecule has 0 aliphatic rings. The van der Waals surface area contributed by atoms with Crippen molar-refractivity contribution in [3.63, 3.8) is 0 Å². The van der Waals surface area contributed by atoms with Crippen LogP contribution in [0.5, 0.6) is 5.75 Å². The summed E-state index contributed by atoms with van der Waals surface area (Å²) in [5, 5.41) is 2.99. The number of carbonyl (C=O) groups excluding carboxylic acids is 1. The average Bonchev–Trinajstić information content (AvgIpc) is 2.78.